The van der Waals surface area contributed by atoms with E-state index in [0.717, 1.165) is 4.88 Å². The molecule has 1 aromatic heterocycles. The Bertz CT molecular complexity index is 284. The first-order valence-electron chi connectivity index (χ1n) is 4.64. The number of hydrogen-bond donors (Lipinski definition) is 2. The summed E-state index contributed by atoms with van der Waals surface area (Å²) in [4.78, 5) is 12.1. The van der Waals surface area contributed by atoms with Gasteiger partial charge in [-0.25, -0.2) is 0 Å². The molecule has 0 aliphatic carbocycles. The first-order valence-corrected chi connectivity index (χ1v) is 5.52. The zero-order valence-corrected chi connectivity index (χ0v) is 9.17. The van der Waals surface area contributed by atoms with Gasteiger partial charge in [0.1, 0.15) is 0 Å². The standard InChI is InChI=1S/C10H15NO2S/c1-3-7(10(12)13)9(11-2)8-5-4-6-14-8/h4-7,9,11H,3H2,1-2H3,(H,12,13). The molecule has 2 atom stereocenters. The molecular formula is C10H15NO2S. The maximum Gasteiger partial charge on any atom is 0.308 e. The van der Waals surface area contributed by atoms with Crippen molar-refractivity contribution in [2.45, 2.75) is 19.4 Å². The summed E-state index contributed by atoms with van der Waals surface area (Å²) >= 11 is 1.59. The van der Waals surface area contributed by atoms with Gasteiger partial charge in [0, 0.05) is 4.88 Å². The van der Waals surface area contributed by atoms with Crippen molar-refractivity contribution in [2.24, 2.45) is 5.92 Å². The maximum atomic E-state index is 11.0. The SMILES string of the molecule is CCC(C(=O)O)C(NC)c1cccs1. The largest absolute Gasteiger partial charge is 0.481 e. The van der Waals surface area contributed by atoms with Crippen molar-refractivity contribution >= 4 is 17.3 Å². The number of aliphatic carboxylic acids is 1. The molecule has 0 saturated carbocycles. The van der Waals surface area contributed by atoms with Gasteiger partial charge in [0.15, 0.2) is 0 Å². The van der Waals surface area contributed by atoms with E-state index in [1.165, 1.54) is 0 Å². The Labute approximate surface area is 87.8 Å². The fourth-order valence-corrected chi connectivity index (χ4v) is 2.46. The number of thiophene rings is 1. The van der Waals surface area contributed by atoms with Gasteiger partial charge in [-0.15, -0.1) is 11.3 Å². The van der Waals surface area contributed by atoms with E-state index in [9.17, 15) is 4.79 Å². The lowest BCUT2D eigenvalue weighted by Crippen LogP contribution is -2.29. The molecule has 0 amide bonds. The van der Waals surface area contributed by atoms with E-state index in [4.69, 9.17) is 5.11 Å². The summed E-state index contributed by atoms with van der Waals surface area (Å²) in [5.74, 6) is -1.08. The Morgan fingerprint density at radius 3 is 2.79 bits per heavy atom. The van der Waals surface area contributed by atoms with Crippen molar-refractivity contribution in [2.75, 3.05) is 7.05 Å². The second-order valence-electron chi connectivity index (χ2n) is 3.13. The molecule has 0 fully saturated rings. The molecule has 2 N–H and O–H groups in total. The highest BCUT2D eigenvalue weighted by atomic mass is 32.1. The molecular weight excluding hydrogens is 198 g/mol. The van der Waals surface area contributed by atoms with Gasteiger partial charge < -0.3 is 10.4 Å². The number of carboxylic acid groups (broad SMARTS) is 1. The summed E-state index contributed by atoms with van der Waals surface area (Å²) in [6.07, 6.45) is 0.638. The van der Waals surface area contributed by atoms with Crippen LogP contribution in [-0.2, 0) is 4.79 Å². The molecule has 4 heteroatoms. The van der Waals surface area contributed by atoms with Gasteiger partial charge in [0.2, 0.25) is 0 Å². The fraction of sp³-hybridized carbons (Fsp3) is 0.500. The van der Waals surface area contributed by atoms with Gasteiger partial charge in [-0.3, -0.25) is 4.79 Å². The zero-order chi connectivity index (χ0) is 10.6. The van der Waals surface area contributed by atoms with Crippen LogP contribution in [0.25, 0.3) is 0 Å². The van der Waals surface area contributed by atoms with Crippen molar-refractivity contribution in [1.29, 1.82) is 0 Å². The van der Waals surface area contributed by atoms with E-state index in [1.807, 2.05) is 24.4 Å². The van der Waals surface area contributed by atoms with Crippen molar-refractivity contribution in [1.82, 2.24) is 5.32 Å². The van der Waals surface area contributed by atoms with Gasteiger partial charge in [0.25, 0.3) is 0 Å². The minimum atomic E-state index is -0.736. The smallest absolute Gasteiger partial charge is 0.308 e. The van der Waals surface area contributed by atoms with Crippen LogP contribution in [0.4, 0.5) is 0 Å². The van der Waals surface area contributed by atoms with Crippen molar-refractivity contribution < 1.29 is 9.90 Å². The highest BCUT2D eigenvalue weighted by Crippen LogP contribution is 2.27. The van der Waals surface area contributed by atoms with Crippen molar-refractivity contribution in [3.8, 4) is 0 Å². The van der Waals surface area contributed by atoms with E-state index < -0.39 is 5.97 Å². The fourth-order valence-electron chi connectivity index (χ4n) is 1.56. The third-order valence-corrected chi connectivity index (χ3v) is 3.28. The van der Waals surface area contributed by atoms with Gasteiger partial charge in [-0.05, 0) is 24.9 Å². The number of hydrogen-bond acceptors (Lipinski definition) is 3. The van der Waals surface area contributed by atoms with Gasteiger partial charge in [0.05, 0.1) is 12.0 Å². The summed E-state index contributed by atoms with van der Waals surface area (Å²) in [6.45, 7) is 1.90. The molecule has 78 valence electrons. The predicted molar refractivity (Wildman–Crippen MR) is 57.5 cm³/mol. The monoisotopic (exact) mass is 213 g/mol. The Morgan fingerprint density at radius 2 is 2.43 bits per heavy atom. The number of nitrogens with one attached hydrogen (secondary N) is 1. The van der Waals surface area contributed by atoms with Gasteiger partial charge in [-0.1, -0.05) is 13.0 Å². The Hall–Kier alpha value is -0.870. The summed E-state index contributed by atoms with van der Waals surface area (Å²) < 4.78 is 0. The number of rotatable bonds is 5. The average Bonchev–Trinajstić information content (AvgIpc) is 2.65. The number of carboxylic acids is 1. The third-order valence-electron chi connectivity index (χ3n) is 2.32. The second-order valence-corrected chi connectivity index (χ2v) is 4.11. The van der Waals surface area contributed by atoms with Crippen molar-refractivity contribution in [3.63, 3.8) is 0 Å². The zero-order valence-electron chi connectivity index (χ0n) is 8.36. The van der Waals surface area contributed by atoms with Crippen LogP contribution < -0.4 is 5.32 Å². The van der Waals surface area contributed by atoms with Crippen LogP contribution in [-0.4, -0.2) is 18.1 Å². The lowest BCUT2D eigenvalue weighted by molar-refractivity contribution is -0.142. The lowest BCUT2D eigenvalue weighted by atomic mass is 9.96. The molecule has 1 heterocycles. The van der Waals surface area contributed by atoms with Crippen LogP contribution in [0.5, 0.6) is 0 Å². The normalized spacial score (nSPS) is 15.0. The van der Waals surface area contributed by atoms with Crippen LogP contribution in [0, 0.1) is 5.92 Å². The summed E-state index contributed by atoms with van der Waals surface area (Å²) in [5, 5.41) is 14.1. The third kappa shape index (κ3) is 2.33. The van der Waals surface area contributed by atoms with Crippen LogP contribution in [0.15, 0.2) is 17.5 Å². The van der Waals surface area contributed by atoms with Gasteiger partial charge >= 0.3 is 5.97 Å². The van der Waals surface area contributed by atoms with Crippen LogP contribution >= 0.6 is 11.3 Å². The maximum absolute atomic E-state index is 11.0. The van der Waals surface area contributed by atoms with E-state index in [-0.39, 0.29) is 12.0 Å². The van der Waals surface area contributed by atoms with E-state index in [2.05, 4.69) is 5.32 Å². The molecule has 0 spiro atoms. The predicted octanol–water partition coefficient (Wildman–Crippen LogP) is 2.12. The molecule has 0 aliphatic rings. The van der Waals surface area contributed by atoms with Crippen LogP contribution in [0.1, 0.15) is 24.3 Å². The molecule has 2 unspecified atom stereocenters. The van der Waals surface area contributed by atoms with E-state index in [1.54, 1.807) is 18.4 Å². The molecule has 0 radical (unpaired) electrons. The Balaban J connectivity index is 2.85. The topological polar surface area (TPSA) is 49.3 Å². The molecule has 1 aromatic rings. The number of carbonyl (C=O) groups is 1. The molecule has 14 heavy (non-hydrogen) atoms. The lowest BCUT2D eigenvalue weighted by Gasteiger charge is -2.21. The highest BCUT2D eigenvalue weighted by Gasteiger charge is 2.26. The Kier molecular flexibility index (Phi) is 4.10. The summed E-state index contributed by atoms with van der Waals surface area (Å²) in [7, 11) is 1.80. The highest BCUT2D eigenvalue weighted by molar-refractivity contribution is 7.10. The van der Waals surface area contributed by atoms with E-state index in [0.29, 0.717) is 6.42 Å². The Morgan fingerprint density at radius 1 is 1.71 bits per heavy atom. The minimum Gasteiger partial charge on any atom is -0.481 e. The minimum absolute atomic E-state index is 0.0718. The quantitative estimate of drug-likeness (QED) is 0.787. The molecule has 0 aliphatic heterocycles. The van der Waals surface area contributed by atoms with Gasteiger partial charge in [-0.2, -0.15) is 0 Å². The molecule has 3 nitrogen and oxygen atoms in total. The van der Waals surface area contributed by atoms with Crippen molar-refractivity contribution in [3.05, 3.63) is 22.4 Å². The summed E-state index contributed by atoms with van der Waals surface area (Å²) in [6, 6.07) is 3.84. The molecule has 1 rings (SSSR count). The second kappa shape index (κ2) is 5.12. The molecule has 0 bridgehead atoms. The summed E-state index contributed by atoms with van der Waals surface area (Å²) in [5.41, 5.74) is 0. The average molecular weight is 213 g/mol. The first kappa shape index (κ1) is 11.2. The molecule has 0 aromatic carbocycles. The first-order chi connectivity index (χ1) is 6.70. The van der Waals surface area contributed by atoms with Crippen LogP contribution in [0.2, 0.25) is 0 Å². The molecule has 0 saturated heterocycles. The van der Waals surface area contributed by atoms with Crippen LogP contribution in [0.3, 0.4) is 0 Å². The van der Waals surface area contributed by atoms with E-state index >= 15 is 0 Å².